The molecule has 0 spiro atoms. The van der Waals surface area contributed by atoms with Crippen LogP contribution in [0.25, 0.3) is 0 Å². The summed E-state index contributed by atoms with van der Waals surface area (Å²) >= 11 is 0. The topological polar surface area (TPSA) is 91.1 Å². The summed E-state index contributed by atoms with van der Waals surface area (Å²) in [5.74, 6) is -0.688. The SMILES string of the molecule is CCNC(=O)c1cccc(NC(=O)c2cc(C(C)=O)c[nH]2)c1. The fourth-order valence-corrected chi connectivity index (χ4v) is 1.93. The summed E-state index contributed by atoms with van der Waals surface area (Å²) in [7, 11) is 0. The molecule has 1 aromatic carbocycles. The zero-order valence-electron chi connectivity index (χ0n) is 12.4. The molecule has 0 aliphatic heterocycles. The quantitative estimate of drug-likeness (QED) is 0.739. The molecule has 0 saturated heterocycles. The van der Waals surface area contributed by atoms with Crippen LogP contribution >= 0.6 is 0 Å². The van der Waals surface area contributed by atoms with Gasteiger partial charge in [-0.15, -0.1) is 0 Å². The third kappa shape index (κ3) is 3.60. The summed E-state index contributed by atoms with van der Waals surface area (Å²) in [4.78, 5) is 37.8. The number of amides is 2. The van der Waals surface area contributed by atoms with Crippen molar-refractivity contribution in [2.24, 2.45) is 0 Å². The second kappa shape index (κ2) is 6.71. The maximum Gasteiger partial charge on any atom is 0.272 e. The molecule has 2 rings (SSSR count). The molecule has 0 aliphatic rings. The van der Waals surface area contributed by atoms with Crippen molar-refractivity contribution in [2.75, 3.05) is 11.9 Å². The third-order valence-corrected chi connectivity index (χ3v) is 3.05. The minimum Gasteiger partial charge on any atom is -0.356 e. The van der Waals surface area contributed by atoms with E-state index in [1.165, 1.54) is 19.2 Å². The highest BCUT2D eigenvalue weighted by Crippen LogP contribution is 2.13. The van der Waals surface area contributed by atoms with Crippen LogP contribution in [0.1, 0.15) is 45.1 Å². The lowest BCUT2D eigenvalue weighted by atomic mass is 10.2. The molecule has 2 aromatic rings. The lowest BCUT2D eigenvalue weighted by Crippen LogP contribution is -2.22. The lowest BCUT2D eigenvalue weighted by molar-refractivity contribution is 0.0953. The number of benzene rings is 1. The molecule has 0 unspecified atom stereocenters. The Hall–Kier alpha value is -2.89. The number of anilines is 1. The predicted molar refractivity (Wildman–Crippen MR) is 83.2 cm³/mol. The minimum absolute atomic E-state index is 0.117. The number of hydrogen-bond donors (Lipinski definition) is 3. The molecule has 22 heavy (non-hydrogen) atoms. The second-order valence-corrected chi connectivity index (χ2v) is 4.75. The van der Waals surface area contributed by atoms with Gasteiger partial charge in [-0.1, -0.05) is 6.07 Å². The number of hydrogen-bond acceptors (Lipinski definition) is 3. The Morgan fingerprint density at radius 3 is 2.50 bits per heavy atom. The van der Waals surface area contributed by atoms with E-state index in [-0.39, 0.29) is 23.3 Å². The van der Waals surface area contributed by atoms with Crippen LogP contribution in [0.2, 0.25) is 0 Å². The number of H-pyrrole nitrogens is 1. The fraction of sp³-hybridized carbons (Fsp3) is 0.188. The summed E-state index contributed by atoms with van der Waals surface area (Å²) in [5, 5.41) is 5.38. The van der Waals surface area contributed by atoms with Crippen molar-refractivity contribution in [3.63, 3.8) is 0 Å². The molecule has 6 nitrogen and oxygen atoms in total. The molecule has 0 bridgehead atoms. The first kappa shape index (κ1) is 15.5. The molecule has 1 heterocycles. The first-order valence-electron chi connectivity index (χ1n) is 6.90. The van der Waals surface area contributed by atoms with Gasteiger partial charge in [-0.3, -0.25) is 14.4 Å². The summed E-state index contributed by atoms with van der Waals surface area (Å²) in [6.45, 7) is 3.80. The number of carbonyl (C=O) groups is 3. The van der Waals surface area contributed by atoms with Gasteiger partial charge < -0.3 is 15.6 Å². The molecule has 0 radical (unpaired) electrons. The molecule has 114 valence electrons. The van der Waals surface area contributed by atoms with E-state index in [0.717, 1.165) is 0 Å². The Kier molecular flexibility index (Phi) is 4.73. The molecule has 0 aliphatic carbocycles. The Balaban J connectivity index is 2.12. The summed E-state index contributed by atoms with van der Waals surface area (Å²) in [6, 6.07) is 8.14. The molecular weight excluding hydrogens is 282 g/mol. The van der Waals surface area contributed by atoms with Crippen LogP contribution in [0.5, 0.6) is 0 Å². The monoisotopic (exact) mass is 299 g/mol. The normalized spacial score (nSPS) is 10.1. The molecule has 0 fully saturated rings. The van der Waals surface area contributed by atoms with E-state index in [2.05, 4.69) is 15.6 Å². The first-order valence-corrected chi connectivity index (χ1v) is 6.90. The van der Waals surface area contributed by atoms with Crippen LogP contribution in [0.3, 0.4) is 0 Å². The Bertz CT molecular complexity index is 719. The number of aromatic nitrogens is 1. The van der Waals surface area contributed by atoms with Crippen LogP contribution < -0.4 is 10.6 Å². The average Bonchev–Trinajstić information content (AvgIpc) is 2.98. The zero-order chi connectivity index (χ0) is 16.1. The van der Waals surface area contributed by atoms with Gasteiger partial charge in [0.25, 0.3) is 11.8 Å². The predicted octanol–water partition coefficient (Wildman–Crippen LogP) is 2.22. The van der Waals surface area contributed by atoms with Gasteiger partial charge in [0.1, 0.15) is 5.69 Å². The van der Waals surface area contributed by atoms with Crippen LogP contribution in [0.4, 0.5) is 5.69 Å². The van der Waals surface area contributed by atoms with Gasteiger partial charge in [0, 0.05) is 29.6 Å². The van der Waals surface area contributed by atoms with Crippen LogP contribution in [-0.4, -0.2) is 29.1 Å². The van der Waals surface area contributed by atoms with Gasteiger partial charge in [-0.2, -0.15) is 0 Å². The van der Waals surface area contributed by atoms with E-state index in [9.17, 15) is 14.4 Å². The van der Waals surface area contributed by atoms with Crippen molar-refractivity contribution in [1.29, 1.82) is 0 Å². The Labute approximate surface area is 127 Å². The van der Waals surface area contributed by atoms with Crippen molar-refractivity contribution in [1.82, 2.24) is 10.3 Å². The molecule has 3 N–H and O–H groups in total. The molecule has 0 saturated carbocycles. The van der Waals surface area contributed by atoms with Crippen molar-refractivity contribution in [3.05, 3.63) is 53.3 Å². The highest BCUT2D eigenvalue weighted by Gasteiger charge is 2.12. The smallest absolute Gasteiger partial charge is 0.272 e. The van der Waals surface area contributed by atoms with Crippen molar-refractivity contribution in [3.8, 4) is 0 Å². The summed E-state index contributed by atoms with van der Waals surface area (Å²) in [5.41, 5.74) is 1.71. The highest BCUT2D eigenvalue weighted by atomic mass is 16.2. The largest absolute Gasteiger partial charge is 0.356 e. The zero-order valence-corrected chi connectivity index (χ0v) is 12.4. The molecule has 6 heteroatoms. The Morgan fingerprint density at radius 2 is 1.86 bits per heavy atom. The average molecular weight is 299 g/mol. The molecule has 2 amide bonds. The van der Waals surface area contributed by atoms with Crippen molar-refractivity contribution in [2.45, 2.75) is 13.8 Å². The summed E-state index contributed by atoms with van der Waals surface area (Å²) < 4.78 is 0. The number of nitrogens with one attached hydrogen (secondary N) is 3. The third-order valence-electron chi connectivity index (χ3n) is 3.05. The van der Waals surface area contributed by atoms with Crippen LogP contribution in [0, 0.1) is 0 Å². The van der Waals surface area contributed by atoms with Gasteiger partial charge in [0.15, 0.2) is 5.78 Å². The van der Waals surface area contributed by atoms with E-state index < -0.39 is 0 Å². The summed E-state index contributed by atoms with van der Waals surface area (Å²) in [6.07, 6.45) is 1.49. The van der Waals surface area contributed by atoms with Crippen molar-refractivity contribution < 1.29 is 14.4 Å². The fourth-order valence-electron chi connectivity index (χ4n) is 1.93. The van der Waals surface area contributed by atoms with E-state index in [4.69, 9.17) is 0 Å². The van der Waals surface area contributed by atoms with Gasteiger partial charge in [0.05, 0.1) is 0 Å². The lowest BCUT2D eigenvalue weighted by Gasteiger charge is -2.06. The maximum atomic E-state index is 12.1. The van der Waals surface area contributed by atoms with Crippen molar-refractivity contribution >= 4 is 23.3 Å². The van der Waals surface area contributed by atoms with E-state index in [0.29, 0.717) is 23.4 Å². The van der Waals surface area contributed by atoms with Gasteiger partial charge in [-0.05, 0) is 38.1 Å². The molecule has 1 aromatic heterocycles. The number of Topliss-reactive ketones (excluding diaryl/α,β-unsaturated/α-hetero) is 1. The number of ketones is 1. The van der Waals surface area contributed by atoms with E-state index >= 15 is 0 Å². The minimum atomic E-state index is -0.374. The Morgan fingerprint density at radius 1 is 1.09 bits per heavy atom. The molecule has 0 atom stereocenters. The van der Waals surface area contributed by atoms with Gasteiger partial charge in [0.2, 0.25) is 0 Å². The second-order valence-electron chi connectivity index (χ2n) is 4.75. The van der Waals surface area contributed by atoms with Crippen LogP contribution in [0.15, 0.2) is 36.5 Å². The number of rotatable bonds is 5. The van der Waals surface area contributed by atoms with Crippen LogP contribution in [-0.2, 0) is 0 Å². The molecular formula is C16H17N3O3. The standard InChI is InChI=1S/C16H17N3O3/c1-3-17-15(21)11-5-4-6-13(7-11)19-16(22)14-8-12(9-18-14)10(2)20/h4-9,18H,3H2,1-2H3,(H,17,21)(H,19,22). The van der Waals surface area contributed by atoms with Gasteiger partial charge in [-0.25, -0.2) is 0 Å². The van der Waals surface area contributed by atoms with E-state index in [1.54, 1.807) is 24.3 Å². The first-order chi connectivity index (χ1) is 10.5. The maximum absolute atomic E-state index is 12.1. The van der Waals surface area contributed by atoms with Gasteiger partial charge >= 0.3 is 0 Å². The highest BCUT2D eigenvalue weighted by molar-refractivity contribution is 6.06. The number of carbonyl (C=O) groups excluding carboxylic acids is 3. The van der Waals surface area contributed by atoms with E-state index in [1.807, 2.05) is 6.92 Å². The number of aromatic amines is 1.